The van der Waals surface area contributed by atoms with Crippen LogP contribution < -0.4 is 10.0 Å². The number of esters is 1. The van der Waals surface area contributed by atoms with Crippen molar-refractivity contribution >= 4 is 34.7 Å². The van der Waals surface area contributed by atoms with Crippen LogP contribution in [0, 0.1) is 0 Å². The molecule has 4 rings (SSSR count). The van der Waals surface area contributed by atoms with Gasteiger partial charge in [0.05, 0.1) is 0 Å². The van der Waals surface area contributed by atoms with Crippen molar-refractivity contribution in [2.45, 2.75) is 38.5 Å². The number of halogens is 1. The molecule has 0 aliphatic carbocycles. The molecule has 1 atom stereocenters. The molecular weight excluding hydrogens is 506 g/mol. The first-order chi connectivity index (χ1) is 16.9. The lowest BCUT2D eigenvalue weighted by Crippen LogP contribution is -2.37. The van der Waals surface area contributed by atoms with Crippen molar-refractivity contribution in [1.82, 2.24) is 14.0 Å². The molecule has 3 aromatic rings. The quantitative estimate of drug-likeness (QED) is 0.419. The molecule has 1 aromatic heterocycles. The van der Waals surface area contributed by atoms with Gasteiger partial charge in [0.15, 0.2) is 0 Å². The van der Waals surface area contributed by atoms with Gasteiger partial charge in [0.1, 0.15) is 18.9 Å². The average Bonchev–Trinajstić information content (AvgIpc) is 3.34. The van der Waals surface area contributed by atoms with Crippen LogP contribution in [-0.2, 0) is 32.9 Å². The van der Waals surface area contributed by atoms with Crippen LogP contribution in [0.2, 0.25) is 0 Å². The summed E-state index contributed by atoms with van der Waals surface area (Å²) in [5, 5.41) is 3.32. The number of carbonyl (C=O) groups excluding carboxylic acids is 2. The van der Waals surface area contributed by atoms with Gasteiger partial charge in [-0.1, -0.05) is 67.1 Å². The highest BCUT2D eigenvalue weighted by atomic mass is 35.5. The summed E-state index contributed by atoms with van der Waals surface area (Å²) in [6, 6.07) is 19.3. The predicted molar refractivity (Wildman–Crippen MR) is 136 cm³/mol. The Bertz CT molecular complexity index is 1260. The number of amides is 1. The number of piperidine rings is 1. The lowest BCUT2D eigenvalue weighted by atomic mass is 9.98. The van der Waals surface area contributed by atoms with Crippen LogP contribution in [0.3, 0.4) is 0 Å². The summed E-state index contributed by atoms with van der Waals surface area (Å²) in [6.07, 6.45) is 2.78. The number of rotatable bonds is 8. The van der Waals surface area contributed by atoms with Gasteiger partial charge < -0.3 is 14.8 Å². The van der Waals surface area contributed by atoms with E-state index in [-0.39, 0.29) is 37.4 Å². The fraction of sp³-hybridized carbons (Fsp3) is 0.280. The molecule has 2 heterocycles. The van der Waals surface area contributed by atoms with Gasteiger partial charge in [-0.15, -0.1) is 12.4 Å². The molecule has 11 heteroatoms. The molecule has 1 unspecified atom stereocenters. The molecule has 36 heavy (non-hydrogen) atoms. The smallest absolute Gasteiger partial charge is 0.422 e. The first-order valence-electron chi connectivity index (χ1n) is 11.3. The highest BCUT2D eigenvalue weighted by molar-refractivity contribution is 7.88. The minimum atomic E-state index is -4.48. The summed E-state index contributed by atoms with van der Waals surface area (Å²) in [5.41, 5.74) is 1.83. The summed E-state index contributed by atoms with van der Waals surface area (Å²) >= 11 is 0. The third kappa shape index (κ3) is 6.87. The van der Waals surface area contributed by atoms with Crippen LogP contribution in [0.25, 0.3) is 0 Å². The van der Waals surface area contributed by atoms with Gasteiger partial charge in [0.25, 0.3) is 0 Å². The first kappa shape index (κ1) is 27.3. The number of ether oxygens (including phenoxy) is 2. The number of hydrogen-bond donors (Lipinski definition) is 2. The second-order valence-electron chi connectivity index (χ2n) is 8.15. The third-order valence-electron chi connectivity index (χ3n) is 5.66. The Morgan fingerprint density at radius 2 is 1.53 bits per heavy atom. The van der Waals surface area contributed by atoms with E-state index < -0.39 is 22.3 Å². The number of benzene rings is 2. The van der Waals surface area contributed by atoms with E-state index in [9.17, 15) is 18.0 Å². The van der Waals surface area contributed by atoms with Crippen LogP contribution >= 0.6 is 12.4 Å². The molecule has 0 bridgehead atoms. The van der Waals surface area contributed by atoms with E-state index in [1.807, 2.05) is 29.0 Å². The SMILES string of the molecule is Cl.O=C(NS(=O)(=O)n1ccc(C2CCCCN2)c1C(=O)OCc1ccccc1)OCc1ccccc1. The molecule has 1 amide bonds. The maximum Gasteiger partial charge on any atom is 0.422 e. The summed E-state index contributed by atoms with van der Waals surface area (Å²) < 4.78 is 39.3. The molecule has 0 spiro atoms. The Hall–Kier alpha value is -3.34. The van der Waals surface area contributed by atoms with Gasteiger partial charge in [-0.3, -0.25) is 0 Å². The normalized spacial score (nSPS) is 15.4. The van der Waals surface area contributed by atoms with Gasteiger partial charge in [-0.25, -0.2) is 18.3 Å². The zero-order chi connectivity index (χ0) is 24.7. The van der Waals surface area contributed by atoms with E-state index >= 15 is 0 Å². The van der Waals surface area contributed by atoms with E-state index in [2.05, 4.69) is 5.32 Å². The van der Waals surface area contributed by atoms with E-state index in [1.54, 1.807) is 42.5 Å². The van der Waals surface area contributed by atoms with Gasteiger partial charge in [0, 0.05) is 17.8 Å². The molecule has 0 radical (unpaired) electrons. The molecule has 2 aromatic carbocycles. The van der Waals surface area contributed by atoms with Crippen LogP contribution in [0.4, 0.5) is 4.79 Å². The number of nitrogens with one attached hydrogen (secondary N) is 2. The third-order valence-corrected chi connectivity index (χ3v) is 6.91. The van der Waals surface area contributed by atoms with Crippen molar-refractivity contribution < 1.29 is 27.5 Å². The Balaban J connectivity index is 0.00000361. The Morgan fingerprint density at radius 1 is 0.917 bits per heavy atom. The lowest BCUT2D eigenvalue weighted by Gasteiger charge is -2.24. The Labute approximate surface area is 216 Å². The fourth-order valence-corrected chi connectivity index (χ4v) is 4.94. The van der Waals surface area contributed by atoms with E-state index in [1.165, 1.54) is 6.20 Å². The largest absolute Gasteiger partial charge is 0.456 e. The maximum atomic E-state index is 13.1. The minimum Gasteiger partial charge on any atom is -0.456 e. The molecule has 2 N–H and O–H groups in total. The highest BCUT2D eigenvalue weighted by Crippen LogP contribution is 2.28. The highest BCUT2D eigenvalue weighted by Gasteiger charge is 2.31. The van der Waals surface area contributed by atoms with Crippen molar-refractivity contribution in [3.63, 3.8) is 0 Å². The van der Waals surface area contributed by atoms with E-state index in [4.69, 9.17) is 9.47 Å². The summed E-state index contributed by atoms with van der Waals surface area (Å²) in [4.78, 5) is 25.4. The van der Waals surface area contributed by atoms with E-state index in [0.29, 0.717) is 11.1 Å². The zero-order valence-corrected chi connectivity index (χ0v) is 21.1. The van der Waals surface area contributed by atoms with Crippen molar-refractivity contribution in [1.29, 1.82) is 0 Å². The number of carbonyl (C=O) groups is 2. The second kappa shape index (κ2) is 12.6. The number of hydrogen-bond acceptors (Lipinski definition) is 7. The predicted octanol–water partition coefficient (Wildman–Crippen LogP) is 4.10. The first-order valence-corrected chi connectivity index (χ1v) is 12.8. The maximum absolute atomic E-state index is 13.1. The standard InChI is InChI=1S/C25H27N3O6S.ClH/c29-24(33-17-19-9-3-1-4-10-19)23-21(22-13-7-8-15-26-22)14-16-28(23)35(31,32)27-25(30)34-18-20-11-5-2-6-12-20;/h1-6,9-12,14,16,22,26H,7-8,13,15,17-18H2,(H,27,30);1H. The summed E-state index contributed by atoms with van der Waals surface area (Å²) in [6.45, 7) is 0.636. The molecule has 1 saturated heterocycles. The number of nitrogens with zero attached hydrogens (tertiary/aromatic N) is 1. The van der Waals surface area contributed by atoms with Gasteiger partial charge in [-0.05, 0) is 36.6 Å². The van der Waals surface area contributed by atoms with Crippen LogP contribution in [0.15, 0.2) is 72.9 Å². The summed E-state index contributed by atoms with van der Waals surface area (Å²) in [7, 11) is -4.48. The minimum absolute atomic E-state index is 0. The van der Waals surface area contributed by atoms with Crippen molar-refractivity contribution in [2.24, 2.45) is 0 Å². The topological polar surface area (TPSA) is 116 Å². The van der Waals surface area contributed by atoms with Crippen LogP contribution in [-0.4, -0.2) is 31.0 Å². The second-order valence-corrected chi connectivity index (χ2v) is 9.70. The zero-order valence-electron chi connectivity index (χ0n) is 19.5. The summed E-state index contributed by atoms with van der Waals surface area (Å²) in [5.74, 6) is -0.802. The van der Waals surface area contributed by atoms with Crippen LogP contribution in [0.1, 0.15) is 52.5 Å². The van der Waals surface area contributed by atoms with Gasteiger partial charge in [0.2, 0.25) is 0 Å². The Morgan fingerprint density at radius 3 is 2.11 bits per heavy atom. The molecule has 1 aliphatic rings. The Kier molecular flexibility index (Phi) is 9.51. The van der Waals surface area contributed by atoms with Crippen LogP contribution in [0.5, 0.6) is 0 Å². The molecule has 0 saturated carbocycles. The van der Waals surface area contributed by atoms with Crippen molar-refractivity contribution in [3.8, 4) is 0 Å². The van der Waals surface area contributed by atoms with Crippen molar-refractivity contribution in [2.75, 3.05) is 6.54 Å². The van der Waals surface area contributed by atoms with Gasteiger partial charge >= 0.3 is 22.3 Å². The van der Waals surface area contributed by atoms with Gasteiger partial charge in [-0.2, -0.15) is 8.42 Å². The molecule has 9 nitrogen and oxygen atoms in total. The molecule has 1 aliphatic heterocycles. The lowest BCUT2D eigenvalue weighted by molar-refractivity contribution is 0.0461. The molecular formula is C25H28ClN3O6S. The van der Waals surface area contributed by atoms with Crippen molar-refractivity contribution in [3.05, 3.63) is 95.3 Å². The number of aromatic nitrogens is 1. The monoisotopic (exact) mass is 533 g/mol. The molecule has 1 fully saturated rings. The van der Waals surface area contributed by atoms with E-state index in [0.717, 1.165) is 35.3 Å². The molecule has 192 valence electrons. The average molecular weight is 534 g/mol. The fourth-order valence-electron chi connectivity index (χ4n) is 3.93.